The summed E-state index contributed by atoms with van der Waals surface area (Å²) in [5, 5.41) is 13.5. The molecule has 2 heterocycles. The van der Waals surface area contributed by atoms with Gasteiger partial charge in [-0.05, 0) is 49.8 Å². The maximum absolute atomic E-state index is 12.6. The zero-order valence-corrected chi connectivity index (χ0v) is 15.1. The minimum atomic E-state index is -4.43. The number of nitrogens with zero attached hydrogens (tertiary/aromatic N) is 3. The molecule has 1 aromatic heterocycles. The Morgan fingerprint density at radius 2 is 1.96 bits per heavy atom. The van der Waals surface area contributed by atoms with Gasteiger partial charge in [-0.15, -0.1) is 17.5 Å². The van der Waals surface area contributed by atoms with E-state index in [1.54, 1.807) is 10.7 Å². The fourth-order valence-corrected chi connectivity index (χ4v) is 3.23. The van der Waals surface area contributed by atoms with Crippen molar-refractivity contribution in [2.45, 2.75) is 29.3 Å². The minimum absolute atomic E-state index is 0. The zero-order chi connectivity index (χ0) is 17.9. The van der Waals surface area contributed by atoms with Gasteiger partial charge in [0.15, 0.2) is 5.69 Å². The third kappa shape index (κ3) is 5.36. The number of halogens is 4. The topological polar surface area (TPSA) is 71.8 Å². The number of carbonyl (C=O) groups excluding carboxylic acids is 1. The van der Waals surface area contributed by atoms with Crippen LogP contribution in [0.3, 0.4) is 0 Å². The fourth-order valence-electron chi connectivity index (χ4n) is 2.60. The predicted molar refractivity (Wildman–Crippen MR) is 94.7 cm³/mol. The second-order valence-electron chi connectivity index (χ2n) is 5.56. The molecule has 0 radical (unpaired) electrons. The van der Waals surface area contributed by atoms with Crippen LogP contribution in [0.5, 0.6) is 0 Å². The van der Waals surface area contributed by atoms with Gasteiger partial charge in [-0.3, -0.25) is 4.79 Å². The van der Waals surface area contributed by atoms with E-state index in [1.807, 2.05) is 0 Å². The van der Waals surface area contributed by atoms with E-state index in [0.29, 0.717) is 0 Å². The number of amides is 1. The van der Waals surface area contributed by atoms with Crippen molar-refractivity contribution in [2.24, 2.45) is 0 Å². The number of alkyl halides is 3. The van der Waals surface area contributed by atoms with Gasteiger partial charge in [0.1, 0.15) is 0 Å². The summed E-state index contributed by atoms with van der Waals surface area (Å²) < 4.78 is 39.5. The smallest absolute Gasteiger partial charge is 0.319 e. The average Bonchev–Trinajstić information content (AvgIpc) is 3.06. The van der Waals surface area contributed by atoms with Crippen molar-refractivity contribution in [3.05, 3.63) is 36.2 Å². The van der Waals surface area contributed by atoms with E-state index in [0.717, 1.165) is 25.9 Å². The standard InChI is InChI=1S/C15H16F3N5OS.ClH/c16-15(17,18)25-13-4-2-1-3-11(13)20-14(24)12-9-23(22-21-12)10-5-7-19-8-6-10;/h1-4,9-10,19H,5-8H2,(H,20,24);1H. The lowest BCUT2D eigenvalue weighted by Gasteiger charge is -2.22. The number of aromatic nitrogens is 3. The fraction of sp³-hybridized carbons (Fsp3) is 0.400. The van der Waals surface area contributed by atoms with Gasteiger partial charge >= 0.3 is 5.51 Å². The third-order valence-corrected chi connectivity index (χ3v) is 4.59. The molecule has 1 aliphatic rings. The van der Waals surface area contributed by atoms with Crippen LogP contribution in [-0.4, -0.2) is 39.5 Å². The van der Waals surface area contributed by atoms with E-state index in [-0.39, 0.29) is 46.5 Å². The van der Waals surface area contributed by atoms with Crippen LogP contribution in [0.4, 0.5) is 18.9 Å². The summed E-state index contributed by atoms with van der Waals surface area (Å²) in [6, 6.07) is 5.94. The van der Waals surface area contributed by atoms with Gasteiger partial charge in [0, 0.05) is 4.90 Å². The van der Waals surface area contributed by atoms with E-state index in [9.17, 15) is 18.0 Å². The summed E-state index contributed by atoms with van der Waals surface area (Å²) in [5.41, 5.74) is -4.27. The number of benzene rings is 1. The average molecular weight is 408 g/mol. The van der Waals surface area contributed by atoms with Gasteiger partial charge in [-0.1, -0.05) is 17.3 Å². The van der Waals surface area contributed by atoms with E-state index < -0.39 is 11.4 Å². The van der Waals surface area contributed by atoms with Gasteiger partial charge in [-0.25, -0.2) is 4.68 Å². The van der Waals surface area contributed by atoms with Crippen LogP contribution in [0.15, 0.2) is 35.4 Å². The van der Waals surface area contributed by atoms with Crippen molar-refractivity contribution in [1.82, 2.24) is 20.3 Å². The van der Waals surface area contributed by atoms with Crippen LogP contribution in [-0.2, 0) is 0 Å². The summed E-state index contributed by atoms with van der Waals surface area (Å²) in [6.45, 7) is 1.74. The molecule has 1 amide bonds. The molecular formula is C15H17ClF3N5OS. The molecule has 142 valence electrons. The van der Waals surface area contributed by atoms with Crippen molar-refractivity contribution in [3.63, 3.8) is 0 Å². The Morgan fingerprint density at radius 3 is 2.65 bits per heavy atom. The molecule has 3 rings (SSSR count). The second kappa shape index (κ2) is 8.74. The van der Waals surface area contributed by atoms with Gasteiger partial charge in [0.25, 0.3) is 5.91 Å². The first kappa shape index (κ1) is 20.5. The minimum Gasteiger partial charge on any atom is -0.319 e. The largest absolute Gasteiger partial charge is 0.446 e. The van der Waals surface area contributed by atoms with E-state index in [1.165, 1.54) is 24.4 Å². The Hall–Kier alpha value is -1.78. The highest BCUT2D eigenvalue weighted by atomic mass is 35.5. The maximum atomic E-state index is 12.6. The van der Waals surface area contributed by atoms with Crippen molar-refractivity contribution in [2.75, 3.05) is 18.4 Å². The number of piperidine rings is 1. The second-order valence-corrected chi connectivity index (χ2v) is 6.67. The number of hydrogen-bond donors (Lipinski definition) is 2. The number of anilines is 1. The summed E-state index contributed by atoms with van der Waals surface area (Å²) in [6.07, 6.45) is 3.30. The third-order valence-electron chi connectivity index (χ3n) is 3.79. The highest BCUT2D eigenvalue weighted by Gasteiger charge is 2.30. The van der Waals surface area contributed by atoms with Crippen LogP contribution < -0.4 is 10.6 Å². The first-order chi connectivity index (χ1) is 11.9. The van der Waals surface area contributed by atoms with Gasteiger partial charge < -0.3 is 10.6 Å². The van der Waals surface area contributed by atoms with Crippen molar-refractivity contribution < 1.29 is 18.0 Å². The molecule has 2 N–H and O–H groups in total. The van der Waals surface area contributed by atoms with Crippen LogP contribution >= 0.6 is 24.2 Å². The SMILES string of the molecule is Cl.O=C(Nc1ccccc1SC(F)(F)F)c1cn(C2CCNCC2)nn1. The molecule has 0 aliphatic carbocycles. The van der Waals surface area contributed by atoms with Gasteiger partial charge in [-0.2, -0.15) is 13.2 Å². The molecule has 0 saturated carbocycles. The van der Waals surface area contributed by atoms with Crippen LogP contribution in [0.1, 0.15) is 29.4 Å². The molecule has 0 unspecified atom stereocenters. The monoisotopic (exact) mass is 407 g/mol. The molecule has 1 fully saturated rings. The Morgan fingerprint density at radius 1 is 1.27 bits per heavy atom. The lowest BCUT2D eigenvalue weighted by molar-refractivity contribution is -0.0328. The summed E-state index contributed by atoms with van der Waals surface area (Å²) >= 11 is -0.270. The molecule has 0 spiro atoms. The molecule has 0 bridgehead atoms. The normalized spacial score (nSPS) is 15.3. The molecule has 2 aromatic rings. The van der Waals surface area contributed by atoms with Crippen LogP contribution in [0.25, 0.3) is 0 Å². The number of thioether (sulfide) groups is 1. The Labute approximate surface area is 158 Å². The first-order valence-corrected chi connectivity index (χ1v) is 8.53. The predicted octanol–water partition coefficient (Wildman–Crippen LogP) is 3.49. The van der Waals surface area contributed by atoms with Crippen molar-refractivity contribution in [1.29, 1.82) is 0 Å². The molecule has 26 heavy (non-hydrogen) atoms. The van der Waals surface area contributed by atoms with E-state index in [2.05, 4.69) is 20.9 Å². The quantitative estimate of drug-likeness (QED) is 0.759. The molecule has 11 heteroatoms. The van der Waals surface area contributed by atoms with Crippen molar-refractivity contribution in [3.8, 4) is 0 Å². The number of para-hydroxylation sites is 1. The van der Waals surface area contributed by atoms with Crippen LogP contribution in [0.2, 0.25) is 0 Å². The molecular weight excluding hydrogens is 391 g/mol. The van der Waals surface area contributed by atoms with Gasteiger partial charge in [0.2, 0.25) is 0 Å². The molecule has 6 nitrogen and oxygen atoms in total. The lowest BCUT2D eigenvalue weighted by Crippen LogP contribution is -2.29. The van der Waals surface area contributed by atoms with Crippen LogP contribution in [0, 0.1) is 0 Å². The Balaban J connectivity index is 0.00000243. The summed E-state index contributed by atoms with van der Waals surface area (Å²) in [4.78, 5) is 12.2. The number of nitrogens with one attached hydrogen (secondary N) is 2. The highest BCUT2D eigenvalue weighted by Crippen LogP contribution is 2.40. The number of hydrogen-bond acceptors (Lipinski definition) is 5. The lowest BCUT2D eigenvalue weighted by atomic mass is 10.1. The zero-order valence-electron chi connectivity index (χ0n) is 13.5. The molecule has 1 aromatic carbocycles. The summed E-state index contributed by atoms with van der Waals surface area (Å²) in [5.74, 6) is -0.588. The number of carbonyl (C=O) groups is 1. The van der Waals surface area contributed by atoms with Crippen molar-refractivity contribution >= 4 is 35.8 Å². The van der Waals surface area contributed by atoms with Gasteiger partial charge in [0.05, 0.1) is 17.9 Å². The van der Waals surface area contributed by atoms with E-state index >= 15 is 0 Å². The highest BCUT2D eigenvalue weighted by molar-refractivity contribution is 8.00. The Bertz CT molecular complexity index is 749. The summed E-state index contributed by atoms with van der Waals surface area (Å²) in [7, 11) is 0. The molecule has 1 aliphatic heterocycles. The first-order valence-electron chi connectivity index (χ1n) is 7.71. The Kier molecular flexibility index (Phi) is 6.90. The molecule has 0 atom stereocenters. The molecule has 1 saturated heterocycles. The van der Waals surface area contributed by atoms with E-state index in [4.69, 9.17) is 0 Å². The maximum Gasteiger partial charge on any atom is 0.446 e. The number of rotatable bonds is 4.